The lowest BCUT2D eigenvalue weighted by atomic mass is 9.76. The number of carbonyl (C=O) groups is 9. The molecule has 0 spiro atoms. The average molecular weight is 1360 g/mol. The molecule has 2 aromatic carbocycles. The average Bonchev–Trinajstić information content (AvgIpc) is 1.62. The fourth-order valence-corrected chi connectivity index (χ4v) is 12.0. The van der Waals surface area contributed by atoms with E-state index in [0.717, 1.165) is 22.1 Å². The van der Waals surface area contributed by atoms with E-state index >= 15 is 4.39 Å². The number of cyclic esters (lactones) is 1. The summed E-state index contributed by atoms with van der Waals surface area (Å²) in [6.07, 6.45) is 0.373. The first-order chi connectivity index (χ1) is 46.9. The number of aromatic nitrogens is 2. The van der Waals surface area contributed by atoms with Crippen molar-refractivity contribution in [2.24, 2.45) is 5.92 Å². The number of likely N-dealkylation sites (tertiary alicyclic amines) is 1. The molecule has 28 heteroatoms. The Morgan fingerprint density at radius 3 is 1.92 bits per heavy atom. The lowest BCUT2D eigenvalue weighted by Crippen LogP contribution is -2.44. The number of ether oxygens (including phenoxy) is 10. The fourth-order valence-electron chi connectivity index (χ4n) is 12.0. The number of hydrogen-bond donors (Lipinski definition) is 4. The third-order valence-electron chi connectivity index (χ3n) is 17.3. The van der Waals surface area contributed by atoms with Crippen LogP contribution >= 0.6 is 0 Å². The van der Waals surface area contributed by atoms with Gasteiger partial charge in [0.25, 0.3) is 5.56 Å². The number of fused-ring (bicyclic) bond motifs is 5. The van der Waals surface area contributed by atoms with Gasteiger partial charge in [0, 0.05) is 73.4 Å². The molecule has 1 fully saturated rings. The summed E-state index contributed by atoms with van der Waals surface area (Å²) in [5.41, 5.74) is 2.37. The van der Waals surface area contributed by atoms with Gasteiger partial charge >= 0.3 is 5.97 Å². The number of imide groups is 1. The van der Waals surface area contributed by atoms with Crippen molar-refractivity contribution in [3.05, 3.63) is 97.6 Å². The van der Waals surface area contributed by atoms with Crippen molar-refractivity contribution in [3.8, 4) is 11.4 Å². The molecule has 27 nitrogen and oxygen atoms in total. The summed E-state index contributed by atoms with van der Waals surface area (Å²) in [6.45, 7) is 9.61. The summed E-state index contributed by atoms with van der Waals surface area (Å²) in [5, 5.41) is 19.9. The quantitative estimate of drug-likeness (QED) is 0.0188. The summed E-state index contributed by atoms with van der Waals surface area (Å²) in [5.74, 6) is -4.86. The van der Waals surface area contributed by atoms with E-state index in [1.54, 1.807) is 57.2 Å². The molecule has 528 valence electrons. The number of carbonyl (C=O) groups excluding carboxylic acids is 9. The van der Waals surface area contributed by atoms with E-state index in [9.17, 15) is 53.1 Å². The Morgan fingerprint density at radius 2 is 1.31 bits per heavy atom. The van der Waals surface area contributed by atoms with E-state index in [1.165, 1.54) is 15.5 Å². The standard InChI is InChI=1S/C69H89FN6O21/c1-4-69(87)53-37-57-65-51(40-76(57)67(85)52(53)42-97-68(69)86)63-47(10-12-50-45(3)54(70)38-56(74-65)64(50)63)36-49(78)41-96-43-72-59(80)15-13-58(79)55(35-46-8-6-5-7-9-46)73-61(82)14-11-48(77)39-71-60(81)16-18-88-20-22-90-24-26-92-28-30-94-32-33-95-31-29-93-27-25-91-23-21-89-19-17-75-62(83)34-44(2)66(75)84/h5-9,37-38,44,47,55,87H,4,10-36,39-43H2,1-3H3,(H,71,81)(H,72,80)(H,73,82)/t44?,47-,55+,69+/m1/s1. The molecule has 2 aromatic heterocycles. The second-order valence-electron chi connectivity index (χ2n) is 24.1. The number of pyridine rings is 2. The van der Waals surface area contributed by atoms with E-state index in [0.29, 0.717) is 120 Å². The molecule has 1 aliphatic carbocycles. The summed E-state index contributed by atoms with van der Waals surface area (Å²) in [7, 11) is 0. The molecular formula is C69H89FN6O21. The van der Waals surface area contributed by atoms with Crippen LogP contribution in [0.2, 0.25) is 0 Å². The molecule has 8 rings (SSSR count). The number of hydrogen-bond acceptors (Lipinski definition) is 22. The van der Waals surface area contributed by atoms with Crippen molar-refractivity contribution >= 4 is 63.8 Å². The number of aliphatic hydroxyl groups is 1. The first kappa shape index (κ1) is 75.1. The van der Waals surface area contributed by atoms with Crippen LogP contribution in [0.1, 0.15) is 116 Å². The number of amides is 5. The zero-order valence-electron chi connectivity index (χ0n) is 55.4. The Hall–Kier alpha value is -7.64. The van der Waals surface area contributed by atoms with Gasteiger partial charge in [-0.05, 0) is 66.8 Å². The molecular weight excluding hydrogens is 1270 g/mol. The van der Waals surface area contributed by atoms with Gasteiger partial charge in [-0.15, -0.1) is 0 Å². The Balaban J connectivity index is 0.635. The van der Waals surface area contributed by atoms with Crippen LogP contribution in [0.4, 0.5) is 4.39 Å². The number of nitrogens with zero attached hydrogens (tertiary/aromatic N) is 3. The van der Waals surface area contributed by atoms with E-state index in [4.69, 9.17) is 52.4 Å². The van der Waals surface area contributed by atoms with E-state index in [2.05, 4.69) is 16.0 Å². The molecule has 97 heavy (non-hydrogen) atoms. The van der Waals surface area contributed by atoms with Gasteiger partial charge in [0.05, 0.1) is 154 Å². The molecule has 4 aromatic rings. The first-order valence-corrected chi connectivity index (χ1v) is 33.2. The largest absolute Gasteiger partial charge is 0.458 e. The minimum absolute atomic E-state index is 0.00250. The van der Waals surface area contributed by atoms with E-state index in [1.807, 2.05) is 0 Å². The summed E-state index contributed by atoms with van der Waals surface area (Å²) in [6, 6.07) is 10.9. The van der Waals surface area contributed by atoms with E-state index in [-0.39, 0.29) is 164 Å². The molecule has 1 unspecified atom stereocenters. The highest BCUT2D eigenvalue weighted by atomic mass is 19.1. The van der Waals surface area contributed by atoms with Crippen LogP contribution in [0.15, 0.2) is 47.3 Å². The Bertz CT molecular complexity index is 3490. The van der Waals surface area contributed by atoms with Crippen LogP contribution in [0.3, 0.4) is 0 Å². The molecule has 0 radical (unpaired) electrons. The van der Waals surface area contributed by atoms with Crippen LogP contribution in [0.5, 0.6) is 0 Å². The number of esters is 1. The number of ketones is 3. The SMILES string of the molecule is CC[C@@]1(O)C(=O)OCc2c1cc1n(c2=O)Cc2c-1nc1cc(F)c(C)c3c1c2[C@@H](CC(=O)COCNC(=O)CCC(=O)[C@H](Cc1ccccc1)NC(=O)CCC(=O)CNC(=O)CCOCCOCCOCCOCCOCCOCCOCCOCCN1C(=O)CC(C)C1=O)CC3. The van der Waals surface area contributed by atoms with Gasteiger partial charge in [-0.2, -0.15) is 0 Å². The highest BCUT2D eigenvalue weighted by Gasteiger charge is 2.46. The van der Waals surface area contributed by atoms with Crippen LogP contribution in [0, 0.1) is 18.7 Å². The maximum absolute atomic E-state index is 15.4. The van der Waals surface area contributed by atoms with Crippen LogP contribution in [-0.4, -0.2) is 211 Å². The number of halogens is 1. The number of nitrogens with one attached hydrogen (secondary N) is 3. The molecule has 4 atom stereocenters. The monoisotopic (exact) mass is 1360 g/mol. The van der Waals surface area contributed by atoms with Crippen LogP contribution in [-0.2, 0) is 122 Å². The van der Waals surface area contributed by atoms with Gasteiger partial charge in [0.15, 0.2) is 23.0 Å². The summed E-state index contributed by atoms with van der Waals surface area (Å²) in [4.78, 5) is 135. The minimum atomic E-state index is -2.04. The second-order valence-corrected chi connectivity index (χ2v) is 24.1. The summed E-state index contributed by atoms with van der Waals surface area (Å²) >= 11 is 0. The molecule has 0 saturated carbocycles. The molecule has 5 heterocycles. The Labute approximate surface area is 561 Å². The normalized spacial score (nSPS) is 17.2. The van der Waals surface area contributed by atoms with Gasteiger partial charge in [-0.25, -0.2) is 14.2 Å². The fraction of sp³-hybridized carbons (Fsp3) is 0.580. The third-order valence-corrected chi connectivity index (χ3v) is 17.3. The Morgan fingerprint density at radius 1 is 0.711 bits per heavy atom. The van der Waals surface area contributed by atoms with Gasteiger partial charge in [0.1, 0.15) is 25.8 Å². The number of rotatable bonds is 46. The third kappa shape index (κ3) is 21.2. The van der Waals surface area contributed by atoms with Crippen molar-refractivity contribution in [1.82, 2.24) is 30.4 Å². The predicted molar refractivity (Wildman–Crippen MR) is 344 cm³/mol. The van der Waals surface area contributed by atoms with Gasteiger partial charge in [0.2, 0.25) is 29.5 Å². The van der Waals surface area contributed by atoms with Gasteiger partial charge in [-0.3, -0.25) is 48.1 Å². The zero-order valence-corrected chi connectivity index (χ0v) is 55.4. The lowest BCUT2D eigenvalue weighted by Gasteiger charge is -2.31. The van der Waals surface area contributed by atoms with Crippen molar-refractivity contribution in [2.45, 2.75) is 122 Å². The van der Waals surface area contributed by atoms with Crippen molar-refractivity contribution in [3.63, 3.8) is 0 Å². The Kier molecular flexibility index (Phi) is 29.4. The van der Waals surface area contributed by atoms with Crippen molar-refractivity contribution in [2.75, 3.05) is 132 Å². The highest BCUT2D eigenvalue weighted by molar-refractivity contribution is 6.03. The zero-order chi connectivity index (χ0) is 69.3. The number of Topliss-reactive ketones (excluding diaryl/α,β-unsaturated/α-hetero) is 3. The maximum Gasteiger partial charge on any atom is 0.343 e. The molecule has 5 amide bonds. The maximum atomic E-state index is 15.4. The summed E-state index contributed by atoms with van der Waals surface area (Å²) < 4.78 is 71.6. The van der Waals surface area contributed by atoms with Crippen LogP contribution < -0.4 is 21.5 Å². The lowest BCUT2D eigenvalue weighted by molar-refractivity contribution is -0.172. The van der Waals surface area contributed by atoms with E-state index < -0.39 is 58.3 Å². The smallest absolute Gasteiger partial charge is 0.343 e. The van der Waals surface area contributed by atoms with Crippen molar-refractivity contribution < 1.29 is 100 Å². The number of benzene rings is 2. The molecule has 4 aliphatic rings. The number of aryl methyl sites for hydroxylation is 1. The minimum Gasteiger partial charge on any atom is -0.458 e. The second kappa shape index (κ2) is 37.9. The predicted octanol–water partition coefficient (Wildman–Crippen LogP) is 3.07. The first-order valence-electron chi connectivity index (χ1n) is 33.2. The van der Waals surface area contributed by atoms with Crippen LogP contribution in [0.25, 0.3) is 22.3 Å². The topological polar surface area (TPSA) is 340 Å². The van der Waals surface area contributed by atoms with Crippen molar-refractivity contribution in [1.29, 1.82) is 0 Å². The molecule has 1 saturated heterocycles. The molecule has 0 bridgehead atoms. The van der Waals surface area contributed by atoms with Gasteiger partial charge in [-0.1, -0.05) is 44.2 Å². The molecule has 4 N–H and O–H groups in total. The highest BCUT2D eigenvalue weighted by Crippen LogP contribution is 2.47. The molecule has 3 aliphatic heterocycles. The van der Waals surface area contributed by atoms with Gasteiger partial charge < -0.3 is 73.0 Å².